The van der Waals surface area contributed by atoms with Crippen molar-refractivity contribution in [2.24, 2.45) is 0 Å². The molecule has 0 unspecified atom stereocenters. The van der Waals surface area contributed by atoms with Crippen molar-refractivity contribution < 1.29 is 4.74 Å². The number of hydrogen-bond donors (Lipinski definition) is 0. The Hall–Kier alpha value is -0.0400. The Kier molecular flexibility index (Phi) is 4.10. The molecule has 0 heterocycles. The molecule has 1 heteroatoms. The molecule has 0 N–H and O–H groups in total. The number of rotatable bonds is 3. The van der Waals surface area contributed by atoms with Gasteiger partial charge in [0.2, 0.25) is 0 Å². The van der Waals surface area contributed by atoms with Crippen molar-refractivity contribution in [1.82, 2.24) is 0 Å². The van der Waals surface area contributed by atoms with E-state index in [9.17, 15) is 0 Å². The van der Waals surface area contributed by atoms with E-state index in [4.69, 9.17) is 4.74 Å². The van der Waals surface area contributed by atoms with E-state index in [1.54, 1.807) is 0 Å². The zero-order valence-corrected chi connectivity index (χ0v) is 5.11. The molecular formula is C6H13O. The zero-order valence-electron chi connectivity index (χ0n) is 5.11. The van der Waals surface area contributed by atoms with Gasteiger partial charge in [-0.3, -0.25) is 0 Å². The summed E-state index contributed by atoms with van der Waals surface area (Å²) in [4.78, 5) is 0. The summed E-state index contributed by atoms with van der Waals surface area (Å²) in [5.41, 5.74) is 0. The lowest BCUT2D eigenvalue weighted by Gasteiger charge is -2.05. The van der Waals surface area contributed by atoms with Crippen LogP contribution in [-0.4, -0.2) is 12.7 Å². The normalized spacial score (nSPS) is 14.1. The molecule has 0 spiro atoms. The molecule has 0 aromatic heterocycles. The van der Waals surface area contributed by atoms with Gasteiger partial charge in [-0.15, -0.1) is 0 Å². The van der Waals surface area contributed by atoms with E-state index in [1.165, 1.54) is 0 Å². The SMILES string of the molecule is [CH2]C[C@@H](C)OCC. The Bertz CT molecular complexity index is 35.2. The lowest BCUT2D eigenvalue weighted by Crippen LogP contribution is -2.04. The molecule has 0 saturated heterocycles. The second-order valence-electron chi connectivity index (χ2n) is 1.55. The minimum atomic E-state index is 0.338. The molecule has 0 aliphatic rings. The number of hydrogen-bond acceptors (Lipinski definition) is 1. The molecular weight excluding hydrogens is 88.1 g/mol. The van der Waals surface area contributed by atoms with E-state index >= 15 is 0 Å². The first-order chi connectivity index (χ1) is 3.31. The van der Waals surface area contributed by atoms with Gasteiger partial charge in [-0.05, 0) is 20.3 Å². The second-order valence-corrected chi connectivity index (χ2v) is 1.55. The standard InChI is InChI=1S/C6H13O/c1-4-6(3)7-5-2/h6H,1,4-5H2,2-3H3/t6-/m1/s1. The Balaban J connectivity index is 2.83. The van der Waals surface area contributed by atoms with Crippen LogP contribution >= 0.6 is 0 Å². The van der Waals surface area contributed by atoms with Gasteiger partial charge in [0, 0.05) is 6.61 Å². The van der Waals surface area contributed by atoms with E-state index < -0.39 is 0 Å². The van der Waals surface area contributed by atoms with Gasteiger partial charge in [0.05, 0.1) is 6.10 Å². The minimum absolute atomic E-state index is 0.338. The Morgan fingerprint density at radius 2 is 2.29 bits per heavy atom. The largest absolute Gasteiger partial charge is 0.379 e. The van der Waals surface area contributed by atoms with Gasteiger partial charge in [0.25, 0.3) is 0 Å². The summed E-state index contributed by atoms with van der Waals surface area (Å²) in [5.74, 6) is 0. The van der Waals surface area contributed by atoms with Gasteiger partial charge in [-0.1, -0.05) is 6.92 Å². The summed E-state index contributed by atoms with van der Waals surface area (Å²) in [6.45, 7) is 8.50. The third-order valence-electron chi connectivity index (χ3n) is 0.858. The topological polar surface area (TPSA) is 9.23 Å². The van der Waals surface area contributed by atoms with Gasteiger partial charge in [-0.2, -0.15) is 0 Å². The van der Waals surface area contributed by atoms with E-state index in [1.807, 2.05) is 13.8 Å². The van der Waals surface area contributed by atoms with Crippen LogP contribution < -0.4 is 0 Å². The van der Waals surface area contributed by atoms with Gasteiger partial charge in [0.1, 0.15) is 0 Å². The van der Waals surface area contributed by atoms with Crippen molar-refractivity contribution in [3.05, 3.63) is 6.92 Å². The Morgan fingerprint density at radius 3 is 2.43 bits per heavy atom. The van der Waals surface area contributed by atoms with E-state index in [0.717, 1.165) is 13.0 Å². The lowest BCUT2D eigenvalue weighted by molar-refractivity contribution is 0.0782. The molecule has 7 heavy (non-hydrogen) atoms. The molecule has 1 radical (unpaired) electrons. The quantitative estimate of drug-likeness (QED) is 0.525. The third-order valence-corrected chi connectivity index (χ3v) is 0.858. The predicted octanol–water partition coefficient (Wildman–Crippen LogP) is 1.64. The molecule has 0 rings (SSSR count). The number of ether oxygens (including phenoxy) is 1. The molecule has 0 bridgehead atoms. The summed E-state index contributed by atoms with van der Waals surface area (Å²) in [6.07, 6.45) is 1.21. The molecule has 0 aromatic carbocycles. The summed E-state index contributed by atoms with van der Waals surface area (Å²) >= 11 is 0. The van der Waals surface area contributed by atoms with Crippen molar-refractivity contribution >= 4 is 0 Å². The Morgan fingerprint density at radius 1 is 1.71 bits per heavy atom. The van der Waals surface area contributed by atoms with E-state index in [0.29, 0.717) is 6.10 Å². The molecule has 0 fully saturated rings. The highest BCUT2D eigenvalue weighted by Gasteiger charge is 1.91. The molecule has 0 saturated carbocycles. The fourth-order valence-corrected chi connectivity index (χ4v) is 0.368. The third kappa shape index (κ3) is 3.80. The summed E-state index contributed by atoms with van der Waals surface area (Å²) in [6, 6.07) is 0. The molecule has 1 nitrogen and oxygen atoms in total. The minimum Gasteiger partial charge on any atom is -0.379 e. The summed E-state index contributed by atoms with van der Waals surface area (Å²) in [5, 5.41) is 0. The first-order valence-electron chi connectivity index (χ1n) is 2.72. The molecule has 0 amide bonds. The smallest absolute Gasteiger partial charge is 0.0546 e. The van der Waals surface area contributed by atoms with Crippen LogP contribution in [0.2, 0.25) is 0 Å². The summed E-state index contributed by atoms with van der Waals surface area (Å²) < 4.78 is 5.13. The molecule has 0 aromatic rings. The highest BCUT2D eigenvalue weighted by Crippen LogP contribution is 1.92. The predicted molar refractivity (Wildman–Crippen MR) is 31.1 cm³/mol. The zero-order chi connectivity index (χ0) is 5.70. The van der Waals surface area contributed by atoms with Gasteiger partial charge >= 0.3 is 0 Å². The maximum absolute atomic E-state index is 5.13. The van der Waals surface area contributed by atoms with Crippen LogP contribution in [-0.2, 0) is 4.74 Å². The van der Waals surface area contributed by atoms with Crippen LogP contribution in [0, 0.1) is 6.92 Å². The van der Waals surface area contributed by atoms with Crippen LogP contribution in [0.25, 0.3) is 0 Å². The van der Waals surface area contributed by atoms with E-state index in [-0.39, 0.29) is 0 Å². The summed E-state index contributed by atoms with van der Waals surface area (Å²) in [7, 11) is 0. The molecule has 0 aliphatic carbocycles. The van der Waals surface area contributed by atoms with Crippen LogP contribution in [0.3, 0.4) is 0 Å². The van der Waals surface area contributed by atoms with Crippen LogP contribution in [0.1, 0.15) is 20.3 Å². The maximum Gasteiger partial charge on any atom is 0.0546 e. The van der Waals surface area contributed by atoms with Gasteiger partial charge in [0.15, 0.2) is 0 Å². The van der Waals surface area contributed by atoms with E-state index in [2.05, 4.69) is 6.92 Å². The first kappa shape index (κ1) is 6.96. The first-order valence-corrected chi connectivity index (χ1v) is 2.72. The van der Waals surface area contributed by atoms with Crippen LogP contribution in [0.4, 0.5) is 0 Å². The highest BCUT2D eigenvalue weighted by molar-refractivity contribution is 4.48. The van der Waals surface area contributed by atoms with Crippen LogP contribution in [0.5, 0.6) is 0 Å². The van der Waals surface area contributed by atoms with Crippen molar-refractivity contribution in [2.75, 3.05) is 6.61 Å². The van der Waals surface area contributed by atoms with Gasteiger partial charge < -0.3 is 4.74 Å². The van der Waals surface area contributed by atoms with Crippen molar-refractivity contribution in [3.8, 4) is 0 Å². The lowest BCUT2D eigenvalue weighted by atomic mass is 10.3. The fraction of sp³-hybridized carbons (Fsp3) is 0.833. The van der Waals surface area contributed by atoms with Crippen molar-refractivity contribution in [1.29, 1.82) is 0 Å². The Labute approximate surface area is 45.7 Å². The molecule has 0 aliphatic heterocycles. The van der Waals surface area contributed by atoms with Crippen molar-refractivity contribution in [2.45, 2.75) is 26.4 Å². The maximum atomic E-state index is 5.13. The van der Waals surface area contributed by atoms with Crippen LogP contribution in [0.15, 0.2) is 0 Å². The monoisotopic (exact) mass is 101 g/mol. The fourth-order valence-electron chi connectivity index (χ4n) is 0.368. The molecule has 1 atom stereocenters. The second kappa shape index (κ2) is 4.13. The highest BCUT2D eigenvalue weighted by atomic mass is 16.5. The molecule has 43 valence electrons. The van der Waals surface area contributed by atoms with Crippen molar-refractivity contribution in [3.63, 3.8) is 0 Å². The van der Waals surface area contributed by atoms with Gasteiger partial charge in [-0.25, -0.2) is 0 Å². The average Bonchev–Trinajstić information content (AvgIpc) is 1.68. The average molecular weight is 101 g/mol.